The minimum absolute atomic E-state index is 0.0524. The summed E-state index contributed by atoms with van der Waals surface area (Å²) < 4.78 is 1.73. The molecule has 0 amide bonds. The Balaban J connectivity index is 1.71. The van der Waals surface area contributed by atoms with Gasteiger partial charge in [-0.25, -0.2) is 4.98 Å². The number of hydrogen-bond acceptors (Lipinski definition) is 5. The van der Waals surface area contributed by atoms with E-state index in [1.54, 1.807) is 33.7 Å². The van der Waals surface area contributed by atoms with E-state index >= 15 is 0 Å². The lowest BCUT2D eigenvalue weighted by Gasteiger charge is -2.10. The van der Waals surface area contributed by atoms with Crippen LogP contribution in [0.5, 0.6) is 0 Å². The number of allylic oxidation sites excluding steroid dienone is 1. The third kappa shape index (κ3) is 2.98. The number of nitriles is 1. The second-order valence-corrected chi connectivity index (χ2v) is 8.26. The molecule has 1 aromatic carbocycles. The van der Waals surface area contributed by atoms with Crippen LogP contribution in [-0.4, -0.2) is 9.55 Å². The highest BCUT2D eigenvalue weighted by atomic mass is 32.2. The van der Waals surface area contributed by atoms with Crippen LogP contribution in [0.15, 0.2) is 46.9 Å². The molecule has 4 rings (SSSR count). The quantitative estimate of drug-likeness (QED) is 0.377. The Hall–Kier alpha value is -2.36. The van der Waals surface area contributed by atoms with Crippen LogP contribution in [0.4, 0.5) is 0 Å². The summed E-state index contributed by atoms with van der Waals surface area (Å²) in [6, 6.07) is 9.64. The number of thioether (sulfide) groups is 1. The lowest BCUT2D eigenvalue weighted by atomic mass is 10.2. The summed E-state index contributed by atoms with van der Waals surface area (Å²) >= 11 is 3.22. The van der Waals surface area contributed by atoms with Crippen molar-refractivity contribution >= 4 is 33.3 Å². The predicted molar refractivity (Wildman–Crippen MR) is 107 cm³/mol. The van der Waals surface area contributed by atoms with Gasteiger partial charge in [0, 0.05) is 17.2 Å². The fraction of sp³-hybridized carbons (Fsp3) is 0.250. The van der Waals surface area contributed by atoms with Crippen LogP contribution in [-0.2, 0) is 25.1 Å². The third-order valence-electron chi connectivity index (χ3n) is 4.55. The molecule has 0 bridgehead atoms. The number of nitrogens with zero attached hydrogens (tertiary/aromatic N) is 3. The van der Waals surface area contributed by atoms with Gasteiger partial charge in [0.25, 0.3) is 5.56 Å². The molecular weight excluding hydrogens is 362 g/mol. The fourth-order valence-corrected chi connectivity index (χ4v) is 5.55. The number of thiophene rings is 1. The smallest absolute Gasteiger partial charge is 0.263 e. The Labute approximate surface area is 159 Å². The van der Waals surface area contributed by atoms with E-state index in [1.165, 1.54) is 10.4 Å². The molecule has 0 aliphatic heterocycles. The molecule has 0 saturated heterocycles. The number of hydrogen-bond donors (Lipinski definition) is 0. The van der Waals surface area contributed by atoms with E-state index < -0.39 is 0 Å². The summed E-state index contributed by atoms with van der Waals surface area (Å²) in [5.41, 5.74) is 3.01. The van der Waals surface area contributed by atoms with Crippen molar-refractivity contribution in [3.05, 3.63) is 68.8 Å². The Bertz CT molecular complexity index is 1090. The van der Waals surface area contributed by atoms with Crippen LogP contribution >= 0.6 is 23.1 Å². The number of aromatic nitrogens is 2. The highest BCUT2D eigenvalue weighted by Gasteiger charge is 2.23. The maximum atomic E-state index is 13.1. The van der Waals surface area contributed by atoms with Gasteiger partial charge in [0.05, 0.1) is 17.0 Å². The first-order valence-electron chi connectivity index (χ1n) is 8.49. The highest BCUT2D eigenvalue weighted by Crippen LogP contribution is 2.35. The summed E-state index contributed by atoms with van der Waals surface area (Å²) in [4.78, 5) is 20.1. The molecule has 0 fully saturated rings. The molecule has 0 radical (unpaired) electrons. The minimum Gasteiger partial charge on any atom is -0.283 e. The van der Waals surface area contributed by atoms with Gasteiger partial charge in [-0.15, -0.1) is 17.9 Å². The second kappa shape index (κ2) is 7.10. The molecular formula is C20H17N3OS2. The van der Waals surface area contributed by atoms with Crippen molar-refractivity contribution in [2.45, 2.75) is 36.7 Å². The Kier molecular flexibility index (Phi) is 4.66. The molecule has 0 saturated carbocycles. The van der Waals surface area contributed by atoms with Crippen LogP contribution in [0, 0.1) is 11.3 Å². The zero-order chi connectivity index (χ0) is 18.1. The van der Waals surface area contributed by atoms with Gasteiger partial charge in [-0.3, -0.25) is 9.36 Å². The molecule has 1 aliphatic carbocycles. The lowest BCUT2D eigenvalue weighted by Crippen LogP contribution is -2.22. The van der Waals surface area contributed by atoms with E-state index in [0.29, 0.717) is 17.9 Å². The number of rotatable bonds is 5. The Morgan fingerprint density at radius 1 is 1.35 bits per heavy atom. The van der Waals surface area contributed by atoms with Crippen LogP contribution in [0.1, 0.15) is 28.0 Å². The van der Waals surface area contributed by atoms with Crippen LogP contribution in [0.2, 0.25) is 0 Å². The van der Waals surface area contributed by atoms with Gasteiger partial charge in [0.15, 0.2) is 5.16 Å². The first-order valence-corrected chi connectivity index (χ1v) is 10.3. The molecule has 0 spiro atoms. The molecule has 0 atom stereocenters. The van der Waals surface area contributed by atoms with Gasteiger partial charge >= 0.3 is 0 Å². The van der Waals surface area contributed by atoms with E-state index in [2.05, 4.69) is 12.6 Å². The minimum atomic E-state index is 0.0524. The lowest BCUT2D eigenvalue weighted by molar-refractivity contribution is 0.672. The van der Waals surface area contributed by atoms with E-state index in [0.717, 1.165) is 40.2 Å². The molecule has 6 heteroatoms. The van der Waals surface area contributed by atoms with Crippen molar-refractivity contribution in [2.75, 3.05) is 0 Å². The number of fused-ring (bicyclic) bond motifs is 3. The third-order valence-corrected chi connectivity index (χ3v) is 6.79. The summed E-state index contributed by atoms with van der Waals surface area (Å²) in [6.07, 6.45) is 4.92. The van der Waals surface area contributed by atoms with Gasteiger partial charge < -0.3 is 0 Å². The predicted octanol–water partition coefficient (Wildman–Crippen LogP) is 4.30. The Morgan fingerprint density at radius 3 is 2.88 bits per heavy atom. The zero-order valence-corrected chi connectivity index (χ0v) is 15.8. The average Bonchev–Trinajstić information content (AvgIpc) is 3.24. The number of benzene rings is 1. The zero-order valence-electron chi connectivity index (χ0n) is 14.2. The van der Waals surface area contributed by atoms with Gasteiger partial charge in [-0.05, 0) is 42.5 Å². The first kappa shape index (κ1) is 17.1. The monoisotopic (exact) mass is 379 g/mol. The average molecular weight is 380 g/mol. The molecule has 3 aromatic rings. The van der Waals surface area contributed by atoms with Crippen molar-refractivity contribution in [1.82, 2.24) is 9.55 Å². The van der Waals surface area contributed by atoms with Crippen LogP contribution in [0.3, 0.4) is 0 Å². The van der Waals surface area contributed by atoms with Gasteiger partial charge in [-0.2, -0.15) is 5.26 Å². The largest absolute Gasteiger partial charge is 0.283 e. The molecule has 130 valence electrons. The maximum Gasteiger partial charge on any atom is 0.263 e. The van der Waals surface area contributed by atoms with E-state index in [9.17, 15) is 4.79 Å². The first-order chi connectivity index (χ1) is 12.7. The molecule has 4 nitrogen and oxygen atoms in total. The fourth-order valence-electron chi connectivity index (χ4n) is 3.28. The van der Waals surface area contributed by atoms with Crippen LogP contribution in [0.25, 0.3) is 10.2 Å². The van der Waals surface area contributed by atoms with Crippen molar-refractivity contribution in [1.29, 1.82) is 5.26 Å². The summed E-state index contributed by atoms with van der Waals surface area (Å²) in [6.45, 7) is 4.25. The van der Waals surface area contributed by atoms with E-state index in [-0.39, 0.29) is 5.56 Å². The summed E-state index contributed by atoms with van der Waals surface area (Å²) in [5, 5.41) is 10.4. The van der Waals surface area contributed by atoms with Crippen molar-refractivity contribution < 1.29 is 0 Å². The molecule has 0 N–H and O–H groups in total. The van der Waals surface area contributed by atoms with Crippen molar-refractivity contribution in [2.24, 2.45) is 0 Å². The molecule has 2 heterocycles. The summed E-state index contributed by atoms with van der Waals surface area (Å²) in [5.74, 6) is 0.700. The number of aryl methyl sites for hydroxylation is 2. The highest BCUT2D eigenvalue weighted by molar-refractivity contribution is 7.98. The molecule has 0 unspecified atom stereocenters. The Morgan fingerprint density at radius 2 is 2.15 bits per heavy atom. The SMILES string of the molecule is C=CCn1c(SCc2ccc(C#N)cc2)nc2sc3c(c2c1=O)CCC3. The van der Waals surface area contributed by atoms with Crippen molar-refractivity contribution in [3.63, 3.8) is 0 Å². The second-order valence-electron chi connectivity index (χ2n) is 6.23. The normalized spacial score (nSPS) is 12.9. The topological polar surface area (TPSA) is 58.7 Å². The molecule has 26 heavy (non-hydrogen) atoms. The van der Waals surface area contributed by atoms with Gasteiger partial charge in [0.1, 0.15) is 4.83 Å². The standard InChI is InChI=1S/C20H17N3OS2/c1-2-10-23-19(24)17-15-4-3-5-16(15)26-18(17)22-20(23)25-12-14-8-6-13(11-21)7-9-14/h2,6-9H,1,3-5,10,12H2. The summed E-state index contributed by atoms with van der Waals surface area (Å²) in [7, 11) is 0. The van der Waals surface area contributed by atoms with E-state index in [4.69, 9.17) is 10.2 Å². The van der Waals surface area contributed by atoms with Gasteiger partial charge in [-0.1, -0.05) is 30.0 Å². The van der Waals surface area contributed by atoms with E-state index in [1.807, 2.05) is 24.3 Å². The van der Waals surface area contributed by atoms with Gasteiger partial charge in [0.2, 0.25) is 0 Å². The molecule has 2 aromatic heterocycles. The maximum absolute atomic E-state index is 13.1. The molecule has 1 aliphatic rings. The van der Waals surface area contributed by atoms with Crippen LogP contribution < -0.4 is 5.56 Å². The van der Waals surface area contributed by atoms with Crippen molar-refractivity contribution in [3.8, 4) is 6.07 Å².